The Labute approximate surface area is 166 Å². The number of carbonyl (C=O) groups excluding carboxylic acids is 1. The van der Waals surface area contributed by atoms with Gasteiger partial charge in [0.05, 0.1) is 35.9 Å². The summed E-state index contributed by atoms with van der Waals surface area (Å²) >= 11 is 7.28. The van der Waals surface area contributed by atoms with E-state index >= 15 is 0 Å². The Kier molecular flexibility index (Phi) is 7.12. The maximum absolute atomic E-state index is 13.0. The topological polar surface area (TPSA) is 82.5 Å². The highest BCUT2D eigenvalue weighted by molar-refractivity contribution is 7.99. The number of ether oxygens (including phenoxy) is 2. The van der Waals surface area contributed by atoms with Crippen LogP contribution in [-0.2, 0) is 20.8 Å². The third-order valence-electron chi connectivity index (χ3n) is 4.25. The molecule has 1 N–H and O–H groups in total. The molecule has 1 atom stereocenters. The lowest BCUT2D eigenvalue weighted by Gasteiger charge is -2.16. The smallest absolute Gasteiger partial charge is 0.262 e. The maximum Gasteiger partial charge on any atom is 0.262 e. The second kappa shape index (κ2) is 9.54. The summed E-state index contributed by atoms with van der Waals surface area (Å²) in [5, 5.41) is 4.27. The van der Waals surface area contributed by atoms with Gasteiger partial charge in [-0.05, 0) is 31.0 Å². The maximum atomic E-state index is 13.0. The van der Waals surface area contributed by atoms with Gasteiger partial charge in [-0.25, -0.2) is 4.98 Å². The molecule has 2 aromatic rings. The molecule has 0 unspecified atom stereocenters. The molecule has 9 heteroatoms. The van der Waals surface area contributed by atoms with Crippen molar-refractivity contribution in [1.82, 2.24) is 14.9 Å². The number of carbonyl (C=O) groups is 1. The van der Waals surface area contributed by atoms with Gasteiger partial charge in [-0.2, -0.15) is 0 Å². The van der Waals surface area contributed by atoms with Gasteiger partial charge in [0, 0.05) is 25.3 Å². The lowest BCUT2D eigenvalue weighted by molar-refractivity contribution is -0.118. The molecule has 1 amide bonds. The average molecular weight is 412 g/mol. The fourth-order valence-corrected chi connectivity index (χ4v) is 3.92. The highest BCUT2D eigenvalue weighted by Crippen LogP contribution is 2.22. The fourth-order valence-electron chi connectivity index (χ4n) is 2.91. The van der Waals surface area contributed by atoms with Gasteiger partial charge in [-0.15, -0.1) is 0 Å². The number of amides is 1. The van der Waals surface area contributed by atoms with Crippen LogP contribution in [0, 0.1) is 0 Å². The standard InChI is InChI=1S/C18H22ClN3O4S/c1-25-8-6-20-16(23)11-27-18-21-15-9-12(19)4-5-14(15)17(24)22(18)10-13-3-2-7-26-13/h4-5,9,13H,2-3,6-8,10-11H2,1H3,(H,20,23)/t13-/m1/s1. The monoisotopic (exact) mass is 411 g/mol. The zero-order valence-corrected chi connectivity index (χ0v) is 16.6. The molecule has 1 aromatic heterocycles. The molecular formula is C18H22ClN3O4S. The quantitative estimate of drug-likeness (QED) is 0.407. The summed E-state index contributed by atoms with van der Waals surface area (Å²) in [7, 11) is 1.58. The molecular weight excluding hydrogens is 390 g/mol. The van der Waals surface area contributed by atoms with Gasteiger partial charge in [-0.1, -0.05) is 23.4 Å². The van der Waals surface area contributed by atoms with Crippen LogP contribution in [0.2, 0.25) is 5.02 Å². The predicted octanol–water partition coefficient (Wildman–Crippen LogP) is 2.08. The fraction of sp³-hybridized carbons (Fsp3) is 0.500. The van der Waals surface area contributed by atoms with E-state index in [1.54, 1.807) is 29.9 Å². The van der Waals surface area contributed by atoms with Crippen LogP contribution in [0.3, 0.4) is 0 Å². The first-order chi connectivity index (χ1) is 13.1. The molecule has 1 fully saturated rings. The van der Waals surface area contributed by atoms with Crippen LogP contribution >= 0.6 is 23.4 Å². The van der Waals surface area contributed by atoms with Gasteiger partial charge in [0.25, 0.3) is 5.56 Å². The van der Waals surface area contributed by atoms with Crippen LogP contribution in [0.4, 0.5) is 0 Å². The van der Waals surface area contributed by atoms with Crippen molar-refractivity contribution in [2.45, 2.75) is 30.6 Å². The summed E-state index contributed by atoms with van der Waals surface area (Å²) in [5.74, 6) is 0.0226. The van der Waals surface area contributed by atoms with Crippen molar-refractivity contribution >= 4 is 40.2 Å². The minimum Gasteiger partial charge on any atom is -0.383 e. The van der Waals surface area contributed by atoms with Crippen LogP contribution in [0.1, 0.15) is 12.8 Å². The van der Waals surface area contributed by atoms with Crippen LogP contribution in [0.15, 0.2) is 28.2 Å². The molecule has 3 rings (SSSR count). The van der Waals surface area contributed by atoms with Crippen molar-refractivity contribution in [3.63, 3.8) is 0 Å². The summed E-state index contributed by atoms with van der Waals surface area (Å²) in [5.41, 5.74) is 0.382. The van der Waals surface area contributed by atoms with Crippen molar-refractivity contribution in [2.75, 3.05) is 32.6 Å². The van der Waals surface area contributed by atoms with E-state index in [4.69, 9.17) is 21.1 Å². The number of aromatic nitrogens is 2. The predicted molar refractivity (Wildman–Crippen MR) is 106 cm³/mol. The second-order valence-corrected chi connectivity index (χ2v) is 7.62. The van der Waals surface area contributed by atoms with E-state index in [0.717, 1.165) is 12.8 Å². The number of nitrogens with zero attached hydrogens (tertiary/aromatic N) is 2. The first-order valence-electron chi connectivity index (χ1n) is 8.78. The Morgan fingerprint density at radius 1 is 1.52 bits per heavy atom. The van der Waals surface area contributed by atoms with Crippen molar-refractivity contribution in [1.29, 1.82) is 0 Å². The Hall–Kier alpha value is -1.61. The van der Waals surface area contributed by atoms with Crippen molar-refractivity contribution in [2.24, 2.45) is 0 Å². The molecule has 7 nitrogen and oxygen atoms in total. The van der Waals surface area contributed by atoms with E-state index in [0.29, 0.717) is 47.4 Å². The van der Waals surface area contributed by atoms with Crippen LogP contribution in [0.5, 0.6) is 0 Å². The number of halogens is 1. The zero-order chi connectivity index (χ0) is 19.2. The van der Waals surface area contributed by atoms with Gasteiger partial charge in [-0.3, -0.25) is 14.2 Å². The van der Waals surface area contributed by atoms with Crippen LogP contribution in [-0.4, -0.2) is 54.2 Å². The Balaban J connectivity index is 1.85. The molecule has 1 saturated heterocycles. The third-order valence-corrected chi connectivity index (χ3v) is 5.46. The second-order valence-electron chi connectivity index (χ2n) is 6.24. The summed E-state index contributed by atoms with van der Waals surface area (Å²) < 4.78 is 12.2. The number of hydrogen-bond acceptors (Lipinski definition) is 6. The van der Waals surface area contributed by atoms with E-state index in [1.807, 2.05) is 0 Å². The van der Waals surface area contributed by atoms with E-state index in [1.165, 1.54) is 11.8 Å². The van der Waals surface area contributed by atoms with Gasteiger partial charge in [0.15, 0.2) is 5.16 Å². The molecule has 0 spiro atoms. The summed E-state index contributed by atoms with van der Waals surface area (Å²) in [4.78, 5) is 29.6. The lowest BCUT2D eigenvalue weighted by atomic mass is 10.2. The number of rotatable bonds is 8. The number of methoxy groups -OCH3 is 1. The average Bonchev–Trinajstić information content (AvgIpc) is 3.16. The largest absolute Gasteiger partial charge is 0.383 e. The van der Waals surface area contributed by atoms with Gasteiger partial charge < -0.3 is 14.8 Å². The molecule has 1 aliphatic heterocycles. The van der Waals surface area contributed by atoms with Gasteiger partial charge in [0.1, 0.15) is 0 Å². The number of hydrogen-bond donors (Lipinski definition) is 1. The molecule has 0 radical (unpaired) electrons. The van der Waals surface area contributed by atoms with E-state index in [-0.39, 0.29) is 23.3 Å². The summed E-state index contributed by atoms with van der Waals surface area (Å²) in [6, 6.07) is 5.03. The van der Waals surface area contributed by atoms with E-state index in [2.05, 4.69) is 10.3 Å². The molecule has 146 valence electrons. The Morgan fingerprint density at radius 2 is 2.37 bits per heavy atom. The van der Waals surface area contributed by atoms with Crippen LogP contribution < -0.4 is 10.9 Å². The summed E-state index contributed by atoms with van der Waals surface area (Å²) in [6.45, 7) is 2.03. The Bertz CT molecular complexity index is 868. The minimum absolute atomic E-state index is 0.0101. The molecule has 1 aromatic carbocycles. The highest BCUT2D eigenvalue weighted by Gasteiger charge is 2.20. The molecule has 0 aliphatic carbocycles. The highest BCUT2D eigenvalue weighted by atomic mass is 35.5. The molecule has 0 saturated carbocycles. The number of benzene rings is 1. The third kappa shape index (κ3) is 5.22. The van der Waals surface area contributed by atoms with E-state index < -0.39 is 0 Å². The Morgan fingerprint density at radius 3 is 3.11 bits per heavy atom. The van der Waals surface area contributed by atoms with Gasteiger partial charge >= 0.3 is 0 Å². The number of fused-ring (bicyclic) bond motifs is 1. The zero-order valence-electron chi connectivity index (χ0n) is 15.1. The van der Waals surface area contributed by atoms with Crippen molar-refractivity contribution < 1.29 is 14.3 Å². The molecule has 2 heterocycles. The SMILES string of the molecule is COCCNC(=O)CSc1nc2cc(Cl)ccc2c(=O)n1C[C@H]1CCCO1. The normalized spacial score (nSPS) is 16.7. The number of thioether (sulfide) groups is 1. The minimum atomic E-state index is -0.144. The molecule has 27 heavy (non-hydrogen) atoms. The number of nitrogens with one attached hydrogen (secondary N) is 1. The first kappa shape index (κ1) is 20.1. The first-order valence-corrected chi connectivity index (χ1v) is 10.1. The van der Waals surface area contributed by atoms with Gasteiger partial charge in [0.2, 0.25) is 5.91 Å². The van der Waals surface area contributed by atoms with Crippen molar-refractivity contribution in [3.8, 4) is 0 Å². The van der Waals surface area contributed by atoms with E-state index in [9.17, 15) is 9.59 Å². The molecule has 1 aliphatic rings. The molecule has 0 bridgehead atoms. The summed E-state index contributed by atoms with van der Waals surface area (Å²) in [6.07, 6.45) is 1.89. The lowest BCUT2D eigenvalue weighted by Crippen LogP contribution is -2.31. The van der Waals surface area contributed by atoms with Crippen LogP contribution in [0.25, 0.3) is 10.9 Å². The van der Waals surface area contributed by atoms with Crippen molar-refractivity contribution in [3.05, 3.63) is 33.6 Å².